The molecule has 0 fully saturated rings. The summed E-state index contributed by atoms with van der Waals surface area (Å²) in [6, 6.07) is 12.7. The molecule has 9 heteroatoms. The highest BCUT2D eigenvalue weighted by Gasteiger charge is 2.19. The van der Waals surface area contributed by atoms with Crippen LogP contribution in [-0.2, 0) is 25.5 Å². The zero-order valence-corrected chi connectivity index (χ0v) is 19.4. The molecule has 3 aromatic rings. The Kier molecular flexibility index (Phi) is 8.13. The average molecular weight is 465 g/mol. The van der Waals surface area contributed by atoms with E-state index in [2.05, 4.69) is 20.6 Å². The first-order valence-corrected chi connectivity index (χ1v) is 11.1. The fourth-order valence-corrected chi connectivity index (χ4v) is 3.47. The highest BCUT2D eigenvalue weighted by molar-refractivity contribution is 5.96. The number of aromatic nitrogens is 2. The molecular weight excluding hydrogens is 436 g/mol. The Hall–Kier alpha value is -4.01. The molecule has 1 aromatic heterocycles. The summed E-state index contributed by atoms with van der Waals surface area (Å²) in [6.07, 6.45) is -0.207. The minimum atomic E-state index is -1.04. The number of aryl methyl sites for hydroxylation is 3. The number of carbonyl (C=O) groups excluding carboxylic acids is 3. The van der Waals surface area contributed by atoms with E-state index < -0.39 is 18.0 Å². The minimum Gasteiger partial charge on any atom is -0.453 e. The fourth-order valence-electron chi connectivity index (χ4n) is 3.47. The maximum Gasteiger partial charge on any atom is 0.306 e. The van der Waals surface area contributed by atoms with Crippen LogP contribution in [0.3, 0.4) is 0 Å². The maximum absolute atomic E-state index is 12.2. The first-order valence-electron chi connectivity index (χ1n) is 11.1. The van der Waals surface area contributed by atoms with E-state index in [0.717, 1.165) is 11.1 Å². The number of carbonyl (C=O) groups is 3. The third kappa shape index (κ3) is 6.50. The van der Waals surface area contributed by atoms with Crippen molar-refractivity contribution in [1.29, 1.82) is 0 Å². The number of esters is 1. The van der Waals surface area contributed by atoms with E-state index in [0.29, 0.717) is 35.3 Å². The molecule has 1 unspecified atom stereocenters. The summed E-state index contributed by atoms with van der Waals surface area (Å²) >= 11 is 0. The zero-order chi connectivity index (χ0) is 24.7. The molecule has 0 radical (unpaired) electrons. The number of H-pyrrole nitrogens is 1. The second-order valence-electron chi connectivity index (χ2n) is 8.05. The Balaban J connectivity index is 1.41. The van der Waals surface area contributed by atoms with Crippen LogP contribution in [0.2, 0.25) is 0 Å². The summed E-state index contributed by atoms with van der Waals surface area (Å²) in [5, 5.41) is 5.76. The highest BCUT2D eigenvalue weighted by Crippen LogP contribution is 2.19. The van der Waals surface area contributed by atoms with Crippen LogP contribution in [0, 0.1) is 13.8 Å². The van der Waals surface area contributed by atoms with Gasteiger partial charge in [-0.15, -0.1) is 0 Å². The van der Waals surface area contributed by atoms with Gasteiger partial charge in [-0.2, -0.15) is 0 Å². The van der Waals surface area contributed by atoms with Crippen LogP contribution >= 0.6 is 0 Å². The minimum absolute atomic E-state index is 0.0568. The number of nitrogens with zero attached hydrogens (tertiary/aromatic N) is 1. The second kappa shape index (κ2) is 11.2. The Morgan fingerprint density at radius 3 is 2.50 bits per heavy atom. The van der Waals surface area contributed by atoms with Gasteiger partial charge in [0.15, 0.2) is 6.10 Å². The lowest BCUT2D eigenvalue weighted by atomic mass is 10.1. The molecule has 3 N–H and O–H groups in total. The fraction of sp³-hybridized carbons (Fsp3) is 0.320. The summed E-state index contributed by atoms with van der Waals surface area (Å²) in [5.74, 6) is -1.00. The Bertz CT molecular complexity index is 1250. The molecule has 1 atom stereocenters. The van der Waals surface area contributed by atoms with Crippen molar-refractivity contribution in [3.05, 3.63) is 69.8 Å². The van der Waals surface area contributed by atoms with E-state index in [-0.39, 0.29) is 24.4 Å². The Morgan fingerprint density at radius 1 is 1.06 bits per heavy atom. The van der Waals surface area contributed by atoms with Gasteiger partial charge in [0, 0.05) is 18.5 Å². The van der Waals surface area contributed by atoms with Gasteiger partial charge in [0.1, 0.15) is 5.82 Å². The van der Waals surface area contributed by atoms with Crippen molar-refractivity contribution in [2.24, 2.45) is 0 Å². The molecule has 178 valence electrons. The highest BCUT2D eigenvalue weighted by atomic mass is 16.5. The van der Waals surface area contributed by atoms with Crippen molar-refractivity contribution in [3.63, 3.8) is 0 Å². The molecule has 0 aliphatic rings. The van der Waals surface area contributed by atoms with Gasteiger partial charge < -0.3 is 20.4 Å². The predicted molar refractivity (Wildman–Crippen MR) is 128 cm³/mol. The maximum atomic E-state index is 12.2. The number of aromatic amines is 1. The van der Waals surface area contributed by atoms with E-state index in [4.69, 9.17) is 4.74 Å². The normalized spacial score (nSPS) is 11.6. The van der Waals surface area contributed by atoms with Crippen molar-refractivity contribution >= 4 is 34.4 Å². The molecule has 0 spiro atoms. The van der Waals surface area contributed by atoms with Crippen LogP contribution in [0.4, 0.5) is 5.69 Å². The SMILES string of the molecule is Cc1cccc(C)c1NC(=O)CNC(=O)C(C)OC(=O)CCCc1nc2ccccc2c(=O)[nH]1. The van der Waals surface area contributed by atoms with Crippen LogP contribution in [0.25, 0.3) is 10.9 Å². The summed E-state index contributed by atoms with van der Waals surface area (Å²) in [6.45, 7) is 4.97. The molecule has 34 heavy (non-hydrogen) atoms. The number of rotatable bonds is 9. The predicted octanol–water partition coefficient (Wildman–Crippen LogP) is 2.55. The molecule has 9 nitrogen and oxygen atoms in total. The molecular formula is C25H28N4O5. The largest absolute Gasteiger partial charge is 0.453 e. The summed E-state index contributed by atoms with van der Waals surface area (Å²) in [7, 11) is 0. The molecule has 3 rings (SSSR count). The van der Waals surface area contributed by atoms with Gasteiger partial charge in [0.2, 0.25) is 5.91 Å². The van der Waals surface area contributed by atoms with Gasteiger partial charge in [-0.1, -0.05) is 30.3 Å². The van der Waals surface area contributed by atoms with Gasteiger partial charge in [0.05, 0.1) is 17.4 Å². The van der Waals surface area contributed by atoms with Crippen LogP contribution < -0.4 is 16.2 Å². The van der Waals surface area contributed by atoms with E-state index in [1.807, 2.05) is 32.0 Å². The number of ether oxygens (including phenoxy) is 1. The van der Waals surface area contributed by atoms with Gasteiger partial charge in [-0.25, -0.2) is 4.98 Å². The van der Waals surface area contributed by atoms with Crippen molar-refractivity contribution in [3.8, 4) is 0 Å². The van der Waals surface area contributed by atoms with Gasteiger partial charge in [-0.3, -0.25) is 19.2 Å². The van der Waals surface area contributed by atoms with Crippen LogP contribution in [-0.4, -0.2) is 40.4 Å². The molecule has 0 saturated carbocycles. The van der Waals surface area contributed by atoms with E-state index in [9.17, 15) is 19.2 Å². The number of amides is 2. The third-order valence-electron chi connectivity index (χ3n) is 5.30. The molecule has 2 aromatic carbocycles. The Labute approximate surface area is 196 Å². The van der Waals surface area contributed by atoms with Gasteiger partial charge >= 0.3 is 5.97 Å². The molecule has 0 saturated heterocycles. The van der Waals surface area contributed by atoms with Gasteiger partial charge in [0.25, 0.3) is 11.5 Å². The lowest BCUT2D eigenvalue weighted by Crippen LogP contribution is -2.40. The first-order chi connectivity index (χ1) is 16.2. The molecule has 1 heterocycles. The second-order valence-corrected chi connectivity index (χ2v) is 8.05. The number of anilines is 1. The Morgan fingerprint density at radius 2 is 1.76 bits per heavy atom. The zero-order valence-electron chi connectivity index (χ0n) is 19.4. The molecule has 0 aliphatic heterocycles. The van der Waals surface area contributed by atoms with E-state index in [1.165, 1.54) is 6.92 Å². The number of benzene rings is 2. The van der Waals surface area contributed by atoms with Crippen molar-refractivity contribution in [2.45, 2.75) is 46.1 Å². The number of hydrogen-bond acceptors (Lipinski definition) is 6. The van der Waals surface area contributed by atoms with Crippen molar-refractivity contribution in [1.82, 2.24) is 15.3 Å². The van der Waals surface area contributed by atoms with Crippen LogP contribution in [0.15, 0.2) is 47.3 Å². The quantitative estimate of drug-likeness (QED) is 0.417. The van der Waals surface area contributed by atoms with Crippen LogP contribution in [0.1, 0.15) is 36.7 Å². The number of para-hydroxylation sites is 2. The standard InChI is InChI=1S/C25H28N4O5/c1-15-8-6-9-16(2)23(15)29-21(30)14-26-24(32)17(3)34-22(31)13-7-12-20-27-19-11-5-4-10-18(19)25(33)28-20/h4-6,8-11,17H,7,12-14H2,1-3H3,(H,26,32)(H,29,30)(H,27,28,33). The summed E-state index contributed by atoms with van der Waals surface area (Å²) in [5.41, 5.74) is 2.92. The summed E-state index contributed by atoms with van der Waals surface area (Å²) in [4.78, 5) is 55.7. The molecule has 2 amide bonds. The van der Waals surface area contributed by atoms with Crippen LogP contribution in [0.5, 0.6) is 0 Å². The number of hydrogen-bond donors (Lipinski definition) is 3. The summed E-state index contributed by atoms with van der Waals surface area (Å²) < 4.78 is 5.16. The molecule has 0 bridgehead atoms. The number of fused-ring (bicyclic) bond motifs is 1. The first kappa shape index (κ1) is 24.6. The third-order valence-corrected chi connectivity index (χ3v) is 5.30. The number of nitrogens with one attached hydrogen (secondary N) is 3. The van der Waals surface area contributed by atoms with Crippen molar-refractivity contribution in [2.75, 3.05) is 11.9 Å². The topological polar surface area (TPSA) is 130 Å². The lowest BCUT2D eigenvalue weighted by Gasteiger charge is -2.15. The van der Waals surface area contributed by atoms with Gasteiger partial charge in [-0.05, 0) is 50.5 Å². The monoisotopic (exact) mass is 464 g/mol. The molecule has 0 aliphatic carbocycles. The lowest BCUT2D eigenvalue weighted by molar-refractivity contribution is -0.154. The smallest absolute Gasteiger partial charge is 0.306 e. The van der Waals surface area contributed by atoms with E-state index >= 15 is 0 Å². The average Bonchev–Trinajstić information content (AvgIpc) is 2.80. The van der Waals surface area contributed by atoms with Crippen molar-refractivity contribution < 1.29 is 19.1 Å². The van der Waals surface area contributed by atoms with E-state index in [1.54, 1.807) is 24.3 Å².